The first-order chi connectivity index (χ1) is 7.17. The third-order valence-corrected chi connectivity index (χ3v) is 1.92. The topological polar surface area (TPSA) is 58.9 Å². The van der Waals surface area contributed by atoms with E-state index in [1.807, 2.05) is 19.1 Å². The summed E-state index contributed by atoms with van der Waals surface area (Å²) in [6, 6.07) is 7.06. The van der Waals surface area contributed by atoms with Crippen LogP contribution in [0.3, 0.4) is 0 Å². The van der Waals surface area contributed by atoms with Crippen LogP contribution in [0.1, 0.15) is 18.9 Å². The maximum atomic E-state index is 11.3. The standard InChI is InChI=1S/C11H13NO3/c1-3-10(12-14)11(13)15-9-6-4-8(2)5-7-9/h4-7,14H,3H2,1-2H3/b12-10+. The van der Waals surface area contributed by atoms with Crippen molar-refractivity contribution in [1.82, 2.24) is 0 Å². The third kappa shape index (κ3) is 3.09. The van der Waals surface area contributed by atoms with Crippen LogP contribution in [0.25, 0.3) is 0 Å². The number of nitrogens with zero attached hydrogens (tertiary/aromatic N) is 1. The molecule has 0 saturated carbocycles. The van der Waals surface area contributed by atoms with Crippen molar-refractivity contribution < 1.29 is 14.7 Å². The van der Waals surface area contributed by atoms with Gasteiger partial charge in [0.1, 0.15) is 5.75 Å². The summed E-state index contributed by atoms with van der Waals surface area (Å²) < 4.78 is 4.98. The average molecular weight is 207 g/mol. The molecule has 0 aliphatic rings. The summed E-state index contributed by atoms with van der Waals surface area (Å²) in [5, 5.41) is 11.4. The quantitative estimate of drug-likeness (QED) is 0.271. The van der Waals surface area contributed by atoms with Crippen LogP contribution in [0.2, 0.25) is 0 Å². The second kappa shape index (κ2) is 5.14. The van der Waals surface area contributed by atoms with Gasteiger partial charge in [-0.15, -0.1) is 0 Å². The van der Waals surface area contributed by atoms with Gasteiger partial charge in [0.2, 0.25) is 0 Å². The molecular formula is C11H13NO3. The minimum Gasteiger partial charge on any atom is -0.422 e. The second-order valence-corrected chi connectivity index (χ2v) is 3.10. The Morgan fingerprint density at radius 3 is 2.47 bits per heavy atom. The van der Waals surface area contributed by atoms with Gasteiger partial charge in [-0.2, -0.15) is 0 Å². The summed E-state index contributed by atoms with van der Waals surface area (Å²) in [4.78, 5) is 11.3. The van der Waals surface area contributed by atoms with E-state index in [1.165, 1.54) is 0 Å². The maximum Gasteiger partial charge on any atom is 0.361 e. The van der Waals surface area contributed by atoms with E-state index in [0.29, 0.717) is 12.2 Å². The molecule has 0 saturated heterocycles. The van der Waals surface area contributed by atoms with Crippen LogP contribution in [-0.2, 0) is 4.79 Å². The van der Waals surface area contributed by atoms with Gasteiger partial charge in [-0.05, 0) is 25.5 Å². The number of carbonyl (C=O) groups is 1. The smallest absolute Gasteiger partial charge is 0.361 e. The lowest BCUT2D eigenvalue weighted by Crippen LogP contribution is -2.19. The molecule has 4 heteroatoms. The number of oxime groups is 1. The van der Waals surface area contributed by atoms with Crippen LogP contribution in [0, 0.1) is 6.92 Å². The molecule has 0 spiro atoms. The zero-order chi connectivity index (χ0) is 11.3. The molecular weight excluding hydrogens is 194 g/mol. The zero-order valence-corrected chi connectivity index (χ0v) is 8.73. The molecule has 0 radical (unpaired) electrons. The molecule has 0 atom stereocenters. The van der Waals surface area contributed by atoms with Crippen LogP contribution < -0.4 is 4.74 Å². The van der Waals surface area contributed by atoms with E-state index < -0.39 is 5.97 Å². The number of carbonyl (C=O) groups excluding carboxylic acids is 1. The highest BCUT2D eigenvalue weighted by Crippen LogP contribution is 2.11. The van der Waals surface area contributed by atoms with Gasteiger partial charge in [0.25, 0.3) is 0 Å². The minimum absolute atomic E-state index is 0.00979. The summed E-state index contributed by atoms with van der Waals surface area (Å²) in [6.45, 7) is 3.66. The van der Waals surface area contributed by atoms with Gasteiger partial charge < -0.3 is 9.94 Å². The lowest BCUT2D eigenvalue weighted by atomic mass is 10.2. The molecule has 15 heavy (non-hydrogen) atoms. The Morgan fingerprint density at radius 1 is 1.40 bits per heavy atom. The lowest BCUT2D eigenvalue weighted by Gasteiger charge is -2.03. The fourth-order valence-electron chi connectivity index (χ4n) is 1.03. The van der Waals surface area contributed by atoms with Gasteiger partial charge in [0.05, 0.1) is 0 Å². The van der Waals surface area contributed by atoms with Gasteiger partial charge in [0.15, 0.2) is 5.71 Å². The van der Waals surface area contributed by atoms with E-state index in [1.54, 1.807) is 19.1 Å². The molecule has 1 rings (SSSR count). The fraction of sp³-hybridized carbons (Fsp3) is 0.273. The van der Waals surface area contributed by atoms with Gasteiger partial charge in [-0.3, -0.25) is 0 Å². The van der Waals surface area contributed by atoms with Crippen molar-refractivity contribution in [2.24, 2.45) is 5.16 Å². The first-order valence-corrected chi connectivity index (χ1v) is 4.67. The number of rotatable bonds is 3. The highest BCUT2D eigenvalue weighted by molar-refractivity contribution is 6.36. The van der Waals surface area contributed by atoms with E-state index in [-0.39, 0.29) is 5.71 Å². The maximum absolute atomic E-state index is 11.3. The second-order valence-electron chi connectivity index (χ2n) is 3.10. The van der Waals surface area contributed by atoms with Gasteiger partial charge in [0, 0.05) is 0 Å². The summed E-state index contributed by atoms with van der Waals surface area (Å²) in [5.41, 5.74) is 1.09. The van der Waals surface area contributed by atoms with Crippen molar-refractivity contribution in [1.29, 1.82) is 0 Å². The Kier molecular flexibility index (Phi) is 3.85. The largest absolute Gasteiger partial charge is 0.422 e. The van der Waals surface area contributed by atoms with Gasteiger partial charge >= 0.3 is 5.97 Å². The predicted molar refractivity (Wildman–Crippen MR) is 56.3 cm³/mol. The Morgan fingerprint density at radius 2 is 2.00 bits per heavy atom. The van der Waals surface area contributed by atoms with E-state index in [4.69, 9.17) is 9.94 Å². The summed E-state index contributed by atoms with van der Waals surface area (Å²) in [6.07, 6.45) is 0.335. The Labute approximate surface area is 88.2 Å². The molecule has 0 fully saturated rings. The molecule has 1 aromatic carbocycles. The van der Waals surface area contributed by atoms with Crippen molar-refractivity contribution >= 4 is 11.7 Å². The van der Waals surface area contributed by atoms with Crippen LogP contribution in [0.4, 0.5) is 0 Å². The van der Waals surface area contributed by atoms with Crippen molar-refractivity contribution in [3.8, 4) is 5.75 Å². The average Bonchev–Trinajstić information content (AvgIpc) is 2.23. The monoisotopic (exact) mass is 207 g/mol. The first kappa shape index (κ1) is 11.2. The molecule has 0 aliphatic carbocycles. The van der Waals surface area contributed by atoms with Crippen molar-refractivity contribution in [3.05, 3.63) is 29.8 Å². The number of esters is 1. The number of ether oxygens (including phenoxy) is 1. The highest BCUT2D eigenvalue weighted by Gasteiger charge is 2.12. The molecule has 0 bridgehead atoms. The highest BCUT2D eigenvalue weighted by atomic mass is 16.5. The fourth-order valence-corrected chi connectivity index (χ4v) is 1.03. The third-order valence-electron chi connectivity index (χ3n) is 1.92. The summed E-state index contributed by atoms with van der Waals surface area (Å²) in [7, 11) is 0. The molecule has 4 nitrogen and oxygen atoms in total. The van der Waals surface area contributed by atoms with Gasteiger partial charge in [-0.1, -0.05) is 29.8 Å². The number of hydrogen-bond donors (Lipinski definition) is 1. The van der Waals surface area contributed by atoms with Crippen molar-refractivity contribution in [2.75, 3.05) is 0 Å². The summed E-state index contributed by atoms with van der Waals surface area (Å²) >= 11 is 0. The molecule has 0 heterocycles. The minimum atomic E-state index is -0.621. The summed E-state index contributed by atoms with van der Waals surface area (Å²) in [5.74, 6) is -0.177. The van der Waals surface area contributed by atoms with E-state index in [2.05, 4.69) is 5.16 Å². The van der Waals surface area contributed by atoms with Crippen molar-refractivity contribution in [3.63, 3.8) is 0 Å². The predicted octanol–water partition coefficient (Wildman–Crippen LogP) is 2.14. The van der Waals surface area contributed by atoms with Crippen LogP contribution in [-0.4, -0.2) is 16.9 Å². The molecule has 0 amide bonds. The van der Waals surface area contributed by atoms with Gasteiger partial charge in [-0.25, -0.2) is 4.79 Å². The molecule has 0 unspecified atom stereocenters. The zero-order valence-electron chi connectivity index (χ0n) is 8.73. The first-order valence-electron chi connectivity index (χ1n) is 4.67. The van der Waals surface area contributed by atoms with E-state index in [0.717, 1.165) is 5.56 Å². The lowest BCUT2D eigenvalue weighted by molar-refractivity contribution is -0.127. The SMILES string of the molecule is CC/C(=N\O)C(=O)Oc1ccc(C)cc1. The Balaban J connectivity index is 2.70. The molecule has 1 aromatic rings. The Hall–Kier alpha value is -1.84. The van der Waals surface area contributed by atoms with Crippen LogP contribution in [0.5, 0.6) is 5.75 Å². The molecule has 80 valence electrons. The molecule has 0 aromatic heterocycles. The van der Waals surface area contributed by atoms with Crippen LogP contribution >= 0.6 is 0 Å². The molecule has 1 N–H and O–H groups in total. The normalized spacial score (nSPS) is 11.2. The van der Waals surface area contributed by atoms with Crippen molar-refractivity contribution in [2.45, 2.75) is 20.3 Å². The van der Waals surface area contributed by atoms with Crippen LogP contribution in [0.15, 0.2) is 29.4 Å². The van der Waals surface area contributed by atoms with E-state index >= 15 is 0 Å². The molecule has 0 aliphatic heterocycles. The number of aryl methyl sites for hydroxylation is 1. The Bertz CT molecular complexity index is 368. The van der Waals surface area contributed by atoms with E-state index in [9.17, 15) is 4.79 Å². The number of benzene rings is 1. The number of hydrogen-bond acceptors (Lipinski definition) is 4.